The van der Waals surface area contributed by atoms with Crippen molar-refractivity contribution in [3.05, 3.63) is 0 Å². The number of ether oxygens (including phenoxy) is 1. The number of nitrogens with one attached hydrogen (secondary N) is 1. The Balaban J connectivity index is 3.45. The van der Waals surface area contributed by atoms with Crippen molar-refractivity contribution >= 4 is 11.9 Å². The first-order chi connectivity index (χ1) is 30.5. The number of aliphatic hydroxyl groups excluding tert-OH is 2. The summed E-state index contributed by atoms with van der Waals surface area (Å²) in [7, 11) is 0. The minimum atomic E-state index is -0.678. The van der Waals surface area contributed by atoms with Gasteiger partial charge in [0.25, 0.3) is 0 Å². The first-order valence-corrected chi connectivity index (χ1v) is 28.3. The highest BCUT2D eigenvalue weighted by atomic mass is 16.5. The molecule has 0 aromatic carbocycles. The molecule has 0 radical (unpaired) electrons. The fourth-order valence-electron chi connectivity index (χ4n) is 9.05. The lowest BCUT2D eigenvalue weighted by atomic mass is 10.0. The summed E-state index contributed by atoms with van der Waals surface area (Å²) in [6, 6.07) is -0.557. The molecule has 1 amide bonds. The molecule has 0 bridgehead atoms. The molecule has 0 aliphatic carbocycles. The monoisotopic (exact) mass is 878 g/mol. The van der Waals surface area contributed by atoms with Crippen molar-refractivity contribution in [2.24, 2.45) is 0 Å². The predicted octanol–water partition coefficient (Wildman–Crippen LogP) is 17.1. The number of rotatable bonds is 53. The van der Waals surface area contributed by atoms with E-state index in [0.29, 0.717) is 25.9 Å². The summed E-state index contributed by atoms with van der Waals surface area (Å²) in [6.45, 7) is 4.93. The Labute approximate surface area is 387 Å². The molecular formula is C56H111NO5. The average Bonchev–Trinajstić information content (AvgIpc) is 3.27. The van der Waals surface area contributed by atoms with Crippen molar-refractivity contribution in [2.45, 2.75) is 334 Å². The van der Waals surface area contributed by atoms with E-state index in [9.17, 15) is 19.8 Å². The maximum atomic E-state index is 12.5. The van der Waals surface area contributed by atoms with E-state index in [1.165, 1.54) is 231 Å². The third-order valence-electron chi connectivity index (χ3n) is 13.4. The summed E-state index contributed by atoms with van der Waals surface area (Å²) < 4.78 is 5.46. The molecule has 2 unspecified atom stereocenters. The number of amides is 1. The van der Waals surface area contributed by atoms with Gasteiger partial charge in [-0.25, -0.2) is 0 Å². The molecule has 0 heterocycles. The first kappa shape index (κ1) is 60.9. The van der Waals surface area contributed by atoms with Crippen LogP contribution in [-0.2, 0) is 14.3 Å². The lowest BCUT2D eigenvalue weighted by Crippen LogP contribution is -2.45. The highest BCUT2D eigenvalue weighted by Gasteiger charge is 2.20. The Kier molecular flexibility index (Phi) is 51.5. The summed E-state index contributed by atoms with van der Waals surface area (Å²) in [5.74, 6) is -0.0691. The molecule has 0 saturated heterocycles. The maximum Gasteiger partial charge on any atom is 0.305 e. The van der Waals surface area contributed by atoms with E-state index in [-0.39, 0.29) is 18.5 Å². The van der Waals surface area contributed by atoms with E-state index in [0.717, 1.165) is 57.8 Å². The van der Waals surface area contributed by atoms with Gasteiger partial charge in [-0.3, -0.25) is 9.59 Å². The van der Waals surface area contributed by atoms with Crippen LogP contribution in [0.4, 0.5) is 0 Å². The Bertz CT molecular complexity index is 882. The van der Waals surface area contributed by atoms with Crippen LogP contribution in [0.3, 0.4) is 0 Å². The molecule has 0 rings (SSSR count). The number of unbranched alkanes of at least 4 members (excludes halogenated alkanes) is 42. The molecule has 0 fully saturated rings. The van der Waals surface area contributed by atoms with E-state index in [1.807, 2.05) is 0 Å². The van der Waals surface area contributed by atoms with Crippen LogP contribution in [0.2, 0.25) is 0 Å². The molecule has 62 heavy (non-hydrogen) atoms. The molecule has 0 aromatic rings. The van der Waals surface area contributed by atoms with Gasteiger partial charge in [-0.05, 0) is 25.7 Å². The molecule has 0 aliphatic heterocycles. The number of hydrogen-bond donors (Lipinski definition) is 3. The zero-order chi connectivity index (χ0) is 45.1. The number of esters is 1. The Morgan fingerprint density at radius 3 is 0.984 bits per heavy atom. The van der Waals surface area contributed by atoms with Crippen LogP contribution >= 0.6 is 0 Å². The van der Waals surface area contributed by atoms with Crippen LogP contribution < -0.4 is 5.32 Å². The number of carbonyl (C=O) groups is 2. The van der Waals surface area contributed by atoms with Crippen molar-refractivity contribution in [2.75, 3.05) is 13.2 Å². The van der Waals surface area contributed by atoms with Crippen molar-refractivity contribution < 1.29 is 24.5 Å². The quantitative estimate of drug-likeness (QED) is 0.0418. The second kappa shape index (κ2) is 52.5. The van der Waals surface area contributed by atoms with Gasteiger partial charge in [0, 0.05) is 12.8 Å². The van der Waals surface area contributed by atoms with Gasteiger partial charge in [0.15, 0.2) is 0 Å². The van der Waals surface area contributed by atoms with Gasteiger partial charge in [0.2, 0.25) is 5.91 Å². The summed E-state index contributed by atoms with van der Waals surface area (Å²) in [5.41, 5.74) is 0. The molecular weight excluding hydrogens is 767 g/mol. The molecule has 0 saturated carbocycles. The van der Waals surface area contributed by atoms with Crippen molar-refractivity contribution in [3.8, 4) is 0 Å². The van der Waals surface area contributed by atoms with Crippen LogP contribution in [0.5, 0.6) is 0 Å². The highest BCUT2D eigenvalue weighted by Crippen LogP contribution is 2.18. The Morgan fingerprint density at radius 2 is 0.661 bits per heavy atom. The van der Waals surface area contributed by atoms with Crippen LogP contribution in [0.15, 0.2) is 0 Å². The molecule has 6 heteroatoms. The van der Waals surface area contributed by atoms with Gasteiger partial charge in [-0.15, -0.1) is 0 Å². The number of carbonyl (C=O) groups excluding carboxylic acids is 2. The lowest BCUT2D eigenvalue weighted by molar-refractivity contribution is -0.143. The Hall–Kier alpha value is -1.14. The molecule has 2 atom stereocenters. The minimum Gasteiger partial charge on any atom is -0.466 e. The smallest absolute Gasteiger partial charge is 0.305 e. The molecule has 0 aliphatic rings. The normalized spacial score (nSPS) is 12.5. The average molecular weight is 879 g/mol. The zero-order valence-electron chi connectivity index (χ0n) is 42.1. The van der Waals surface area contributed by atoms with Crippen molar-refractivity contribution in [1.29, 1.82) is 0 Å². The number of aliphatic hydroxyl groups is 2. The van der Waals surface area contributed by atoms with Gasteiger partial charge >= 0.3 is 5.97 Å². The van der Waals surface area contributed by atoms with E-state index >= 15 is 0 Å². The highest BCUT2D eigenvalue weighted by molar-refractivity contribution is 5.76. The van der Waals surface area contributed by atoms with Crippen molar-refractivity contribution in [3.63, 3.8) is 0 Å². The standard InChI is InChI=1S/C56H111NO5/c1-3-5-7-9-11-13-15-17-18-19-20-21-22-23-24-25-27-28-32-36-40-44-48-54(59)53(52-58)57-55(60)49-45-41-37-33-30-31-35-39-43-47-51-62-56(61)50-46-42-38-34-29-26-16-14-12-10-8-6-4-2/h53-54,58-59H,3-52H2,1-2H3,(H,57,60). The van der Waals surface area contributed by atoms with Crippen molar-refractivity contribution in [1.82, 2.24) is 5.32 Å². The fraction of sp³-hybridized carbons (Fsp3) is 0.964. The van der Waals surface area contributed by atoms with Gasteiger partial charge in [-0.2, -0.15) is 0 Å². The van der Waals surface area contributed by atoms with E-state index in [1.54, 1.807) is 0 Å². The molecule has 6 nitrogen and oxygen atoms in total. The molecule has 3 N–H and O–H groups in total. The fourth-order valence-corrected chi connectivity index (χ4v) is 9.05. The van der Waals surface area contributed by atoms with Crippen LogP contribution in [0.1, 0.15) is 322 Å². The summed E-state index contributed by atoms with van der Waals surface area (Å²) in [6.07, 6.45) is 59.4. The second-order valence-corrected chi connectivity index (χ2v) is 19.6. The van der Waals surface area contributed by atoms with E-state index < -0.39 is 12.1 Å². The second-order valence-electron chi connectivity index (χ2n) is 19.6. The van der Waals surface area contributed by atoms with Crippen LogP contribution in [0, 0.1) is 0 Å². The largest absolute Gasteiger partial charge is 0.466 e. The van der Waals surface area contributed by atoms with Crippen LogP contribution in [-0.4, -0.2) is 47.4 Å². The van der Waals surface area contributed by atoms with E-state index in [2.05, 4.69) is 19.2 Å². The Morgan fingerprint density at radius 1 is 0.387 bits per heavy atom. The third kappa shape index (κ3) is 48.3. The SMILES string of the molecule is CCCCCCCCCCCCCCCCCCCCCCCCC(O)C(CO)NC(=O)CCCCCCCCCCCCOC(=O)CCCCCCCCCCCCCCC. The topological polar surface area (TPSA) is 95.9 Å². The van der Waals surface area contributed by atoms with Gasteiger partial charge < -0.3 is 20.3 Å². The summed E-state index contributed by atoms with van der Waals surface area (Å²) in [4.78, 5) is 24.5. The maximum absolute atomic E-state index is 12.5. The first-order valence-electron chi connectivity index (χ1n) is 28.3. The van der Waals surface area contributed by atoms with Crippen LogP contribution in [0.25, 0.3) is 0 Å². The van der Waals surface area contributed by atoms with Gasteiger partial charge in [0.1, 0.15) is 0 Å². The molecule has 0 spiro atoms. The summed E-state index contributed by atoms with van der Waals surface area (Å²) in [5, 5.41) is 23.3. The third-order valence-corrected chi connectivity index (χ3v) is 13.4. The number of hydrogen-bond acceptors (Lipinski definition) is 5. The predicted molar refractivity (Wildman–Crippen MR) is 269 cm³/mol. The molecule has 0 aromatic heterocycles. The van der Waals surface area contributed by atoms with E-state index in [4.69, 9.17) is 4.74 Å². The minimum absolute atomic E-state index is 0.0158. The van der Waals surface area contributed by atoms with Gasteiger partial charge in [-0.1, -0.05) is 284 Å². The molecule has 370 valence electrons. The lowest BCUT2D eigenvalue weighted by Gasteiger charge is -2.22. The van der Waals surface area contributed by atoms with Gasteiger partial charge in [0.05, 0.1) is 25.4 Å². The summed E-state index contributed by atoms with van der Waals surface area (Å²) >= 11 is 0. The zero-order valence-corrected chi connectivity index (χ0v) is 42.1.